The molecule has 0 spiro atoms. The van der Waals surface area contributed by atoms with E-state index in [4.69, 9.17) is 14.0 Å². The van der Waals surface area contributed by atoms with Gasteiger partial charge in [-0.1, -0.05) is 41.6 Å². The van der Waals surface area contributed by atoms with Crippen molar-refractivity contribution >= 4 is 5.91 Å². The Hall–Kier alpha value is -3.16. The first kappa shape index (κ1) is 24.5. The molecule has 7 heteroatoms. The van der Waals surface area contributed by atoms with Crippen LogP contribution in [0.25, 0.3) is 0 Å². The smallest absolute Gasteiger partial charge is 0.227 e. The van der Waals surface area contributed by atoms with Crippen molar-refractivity contribution in [3.63, 3.8) is 0 Å². The maximum Gasteiger partial charge on any atom is 0.227 e. The van der Waals surface area contributed by atoms with E-state index in [-0.39, 0.29) is 5.91 Å². The molecule has 0 unspecified atom stereocenters. The number of nitrogens with zero attached hydrogens (tertiary/aromatic N) is 3. The molecule has 2 aliphatic rings. The Balaban J connectivity index is 1.15. The number of likely N-dealkylation sites (tertiary alicyclic amines) is 1. The van der Waals surface area contributed by atoms with Crippen LogP contribution in [0.2, 0.25) is 0 Å². The van der Waals surface area contributed by atoms with E-state index >= 15 is 0 Å². The number of carbonyl (C=O) groups excluding carboxylic acids is 1. The van der Waals surface area contributed by atoms with Gasteiger partial charge in [-0.2, -0.15) is 0 Å². The van der Waals surface area contributed by atoms with Crippen LogP contribution in [0.15, 0.2) is 53.1 Å². The molecular formula is C29H35N3O4. The Morgan fingerprint density at radius 1 is 1.06 bits per heavy atom. The summed E-state index contributed by atoms with van der Waals surface area (Å²) in [5.74, 6) is 1.66. The molecule has 0 saturated carbocycles. The average Bonchev–Trinajstić information content (AvgIpc) is 3.08. The van der Waals surface area contributed by atoms with Gasteiger partial charge >= 0.3 is 0 Å². The van der Waals surface area contributed by atoms with Crippen LogP contribution in [0.1, 0.15) is 46.5 Å². The number of ether oxygens (including phenoxy) is 2. The zero-order valence-electron chi connectivity index (χ0n) is 21.2. The zero-order valence-corrected chi connectivity index (χ0v) is 21.2. The number of piperidine rings is 1. The van der Waals surface area contributed by atoms with Crippen molar-refractivity contribution in [2.75, 3.05) is 26.2 Å². The lowest BCUT2D eigenvalue weighted by atomic mass is 10.0. The minimum atomic E-state index is 0.0730. The highest BCUT2D eigenvalue weighted by Crippen LogP contribution is 2.27. The van der Waals surface area contributed by atoms with Crippen LogP contribution >= 0.6 is 0 Å². The van der Waals surface area contributed by atoms with Gasteiger partial charge in [0.1, 0.15) is 18.1 Å². The third-order valence-electron chi connectivity index (χ3n) is 7.24. The molecule has 0 N–H and O–H groups in total. The normalized spacial score (nSPS) is 16.9. The van der Waals surface area contributed by atoms with Crippen molar-refractivity contribution in [1.29, 1.82) is 0 Å². The van der Waals surface area contributed by atoms with Crippen molar-refractivity contribution in [1.82, 2.24) is 15.0 Å². The average molecular weight is 490 g/mol. The van der Waals surface area contributed by atoms with Gasteiger partial charge in [-0.25, -0.2) is 0 Å². The summed E-state index contributed by atoms with van der Waals surface area (Å²) in [7, 11) is 0. The van der Waals surface area contributed by atoms with Gasteiger partial charge in [-0.05, 0) is 49.9 Å². The molecule has 2 aliphatic heterocycles. The monoisotopic (exact) mass is 489 g/mol. The van der Waals surface area contributed by atoms with Gasteiger partial charge in [0.25, 0.3) is 0 Å². The second-order valence-electron chi connectivity index (χ2n) is 9.86. The van der Waals surface area contributed by atoms with Crippen molar-refractivity contribution in [3.05, 3.63) is 82.2 Å². The van der Waals surface area contributed by atoms with E-state index in [1.54, 1.807) is 0 Å². The van der Waals surface area contributed by atoms with Crippen LogP contribution in [0.3, 0.4) is 0 Å². The summed E-state index contributed by atoms with van der Waals surface area (Å²) in [6.45, 7) is 8.98. The molecule has 1 aromatic heterocycles. The van der Waals surface area contributed by atoms with Crippen molar-refractivity contribution in [2.45, 2.75) is 58.9 Å². The van der Waals surface area contributed by atoms with Gasteiger partial charge < -0.3 is 18.9 Å². The summed E-state index contributed by atoms with van der Waals surface area (Å²) >= 11 is 0. The lowest BCUT2D eigenvalue weighted by molar-refractivity contribution is -0.131. The first-order valence-electron chi connectivity index (χ1n) is 12.9. The van der Waals surface area contributed by atoms with Gasteiger partial charge in [-0.15, -0.1) is 0 Å². The fraction of sp³-hybridized carbons (Fsp3) is 0.448. The molecule has 1 fully saturated rings. The van der Waals surface area contributed by atoms with Crippen LogP contribution < -0.4 is 4.74 Å². The standard InChI is InChI=1S/C29H35N3O4/c1-21-27(22(2)36-30-21)17-29(33)32-14-15-34-28-9-8-24(16-25(28)19-32)18-31-12-10-26(11-13-31)35-20-23-6-4-3-5-7-23/h3-9,16,26H,10-15,17-20H2,1-2H3. The largest absolute Gasteiger partial charge is 0.491 e. The molecule has 5 rings (SSSR count). The molecule has 1 amide bonds. The molecule has 0 radical (unpaired) electrons. The lowest BCUT2D eigenvalue weighted by Gasteiger charge is -2.32. The maximum absolute atomic E-state index is 13.1. The number of aryl methyl sites for hydroxylation is 2. The molecule has 36 heavy (non-hydrogen) atoms. The highest BCUT2D eigenvalue weighted by atomic mass is 16.5. The summed E-state index contributed by atoms with van der Waals surface area (Å²) in [6.07, 6.45) is 2.71. The number of amides is 1. The van der Waals surface area contributed by atoms with E-state index in [9.17, 15) is 4.79 Å². The molecule has 2 aromatic carbocycles. The van der Waals surface area contributed by atoms with Crippen LogP contribution in [-0.2, 0) is 35.6 Å². The summed E-state index contributed by atoms with van der Waals surface area (Å²) < 4.78 is 17.4. The second kappa shape index (κ2) is 11.3. The van der Waals surface area contributed by atoms with E-state index in [1.807, 2.05) is 24.8 Å². The first-order chi connectivity index (χ1) is 17.5. The van der Waals surface area contributed by atoms with Crippen molar-refractivity contribution in [2.24, 2.45) is 0 Å². The summed E-state index contributed by atoms with van der Waals surface area (Å²) in [4.78, 5) is 17.5. The number of rotatable bonds is 7. The predicted octanol–water partition coefficient (Wildman–Crippen LogP) is 4.44. The Morgan fingerprint density at radius 3 is 2.61 bits per heavy atom. The van der Waals surface area contributed by atoms with E-state index in [2.05, 4.69) is 52.5 Å². The van der Waals surface area contributed by atoms with E-state index in [0.29, 0.717) is 44.6 Å². The number of hydrogen-bond donors (Lipinski definition) is 0. The fourth-order valence-corrected chi connectivity index (χ4v) is 5.06. The highest BCUT2D eigenvalue weighted by molar-refractivity contribution is 5.79. The molecule has 3 heterocycles. The Kier molecular flexibility index (Phi) is 7.68. The molecule has 1 saturated heterocycles. The Morgan fingerprint density at radius 2 is 1.86 bits per heavy atom. The van der Waals surface area contributed by atoms with Crippen LogP contribution in [0.4, 0.5) is 0 Å². The quantitative estimate of drug-likeness (QED) is 0.489. The Labute approximate surface area is 213 Å². The molecule has 0 atom stereocenters. The predicted molar refractivity (Wildman–Crippen MR) is 137 cm³/mol. The maximum atomic E-state index is 13.1. The molecule has 0 bridgehead atoms. The van der Waals surface area contributed by atoms with Crippen LogP contribution in [0, 0.1) is 13.8 Å². The second-order valence-corrected chi connectivity index (χ2v) is 9.86. The SMILES string of the molecule is Cc1noc(C)c1CC(=O)N1CCOc2ccc(CN3CCC(OCc4ccccc4)CC3)cc2C1. The third kappa shape index (κ3) is 5.97. The third-order valence-corrected chi connectivity index (χ3v) is 7.24. The first-order valence-corrected chi connectivity index (χ1v) is 12.9. The number of benzene rings is 2. The summed E-state index contributed by atoms with van der Waals surface area (Å²) in [5, 5.41) is 3.98. The fourth-order valence-electron chi connectivity index (χ4n) is 5.06. The molecule has 190 valence electrons. The number of carbonyl (C=O) groups is 1. The van der Waals surface area contributed by atoms with Crippen LogP contribution in [0.5, 0.6) is 5.75 Å². The number of hydrogen-bond acceptors (Lipinski definition) is 6. The van der Waals surface area contributed by atoms with Crippen molar-refractivity contribution in [3.8, 4) is 5.75 Å². The lowest BCUT2D eigenvalue weighted by Crippen LogP contribution is -2.36. The molecule has 0 aliphatic carbocycles. The summed E-state index contributed by atoms with van der Waals surface area (Å²) in [5.41, 5.74) is 5.21. The van der Waals surface area contributed by atoms with Gasteiger partial charge in [0.05, 0.1) is 31.4 Å². The van der Waals surface area contributed by atoms with E-state index in [0.717, 1.165) is 55.0 Å². The van der Waals surface area contributed by atoms with Gasteiger partial charge in [0.15, 0.2) is 0 Å². The molecule has 3 aromatic rings. The van der Waals surface area contributed by atoms with E-state index < -0.39 is 0 Å². The van der Waals surface area contributed by atoms with Crippen LogP contribution in [-0.4, -0.2) is 53.2 Å². The van der Waals surface area contributed by atoms with Gasteiger partial charge in [0.2, 0.25) is 5.91 Å². The van der Waals surface area contributed by atoms with E-state index in [1.165, 1.54) is 11.1 Å². The molecular weight excluding hydrogens is 454 g/mol. The van der Waals surface area contributed by atoms with Crippen molar-refractivity contribution < 1.29 is 18.8 Å². The molecule has 7 nitrogen and oxygen atoms in total. The number of aromatic nitrogens is 1. The zero-order chi connectivity index (χ0) is 24.9. The highest BCUT2D eigenvalue weighted by Gasteiger charge is 2.24. The minimum Gasteiger partial charge on any atom is -0.491 e. The Bertz CT molecular complexity index is 1150. The minimum absolute atomic E-state index is 0.0730. The summed E-state index contributed by atoms with van der Waals surface area (Å²) in [6, 6.07) is 16.8. The van der Waals surface area contributed by atoms with Gasteiger partial charge in [0, 0.05) is 37.3 Å². The van der Waals surface area contributed by atoms with Gasteiger partial charge in [-0.3, -0.25) is 9.69 Å². The topological polar surface area (TPSA) is 68.0 Å². The number of fused-ring (bicyclic) bond motifs is 1.